The maximum absolute atomic E-state index is 4.53. The van der Waals surface area contributed by atoms with Gasteiger partial charge in [0, 0.05) is 11.4 Å². The van der Waals surface area contributed by atoms with E-state index in [2.05, 4.69) is 30.5 Å². The summed E-state index contributed by atoms with van der Waals surface area (Å²) < 4.78 is 0. The molecule has 6 heteroatoms. The molecule has 2 N–H and O–H groups in total. The first-order valence-electron chi connectivity index (χ1n) is 7.18. The first-order valence-corrected chi connectivity index (χ1v) is 7.18. The molecule has 1 aliphatic rings. The molecule has 3 aromatic heterocycles. The van der Waals surface area contributed by atoms with Gasteiger partial charge in [0.25, 0.3) is 0 Å². The lowest BCUT2D eigenvalue weighted by Crippen LogP contribution is -2.05. The number of hydrogen-bond donors (Lipinski definition) is 2. The van der Waals surface area contributed by atoms with E-state index in [0.29, 0.717) is 6.54 Å². The largest absolute Gasteiger partial charge is 0.362 e. The van der Waals surface area contributed by atoms with Crippen LogP contribution in [0.3, 0.4) is 0 Å². The number of anilines is 1. The highest BCUT2D eigenvalue weighted by Crippen LogP contribution is 2.24. The Bertz CT molecular complexity index is 807. The van der Waals surface area contributed by atoms with Gasteiger partial charge < -0.3 is 5.32 Å². The van der Waals surface area contributed by atoms with Gasteiger partial charge in [0.1, 0.15) is 11.8 Å². The van der Waals surface area contributed by atoms with Crippen molar-refractivity contribution >= 4 is 16.9 Å². The van der Waals surface area contributed by atoms with E-state index in [9.17, 15) is 0 Å². The first kappa shape index (κ1) is 12.3. The highest BCUT2D eigenvalue weighted by Gasteiger charge is 2.18. The van der Waals surface area contributed by atoms with Gasteiger partial charge in [0.15, 0.2) is 5.82 Å². The maximum Gasteiger partial charge on any atom is 0.156 e. The highest BCUT2D eigenvalue weighted by molar-refractivity contribution is 5.84. The Labute approximate surface area is 122 Å². The molecule has 21 heavy (non-hydrogen) atoms. The summed E-state index contributed by atoms with van der Waals surface area (Å²) in [6, 6.07) is 3.93. The molecular weight excluding hydrogens is 264 g/mol. The lowest BCUT2D eigenvalue weighted by Gasteiger charge is -2.07. The molecule has 0 spiro atoms. The fourth-order valence-electron chi connectivity index (χ4n) is 2.87. The Morgan fingerprint density at radius 2 is 2.19 bits per heavy atom. The molecule has 0 unspecified atom stereocenters. The molecule has 3 heterocycles. The highest BCUT2D eigenvalue weighted by atomic mass is 15.1. The fraction of sp³-hybridized carbons (Fsp3) is 0.333. The summed E-state index contributed by atoms with van der Waals surface area (Å²) in [6.07, 6.45) is 5.01. The zero-order valence-electron chi connectivity index (χ0n) is 11.8. The van der Waals surface area contributed by atoms with Gasteiger partial charge in [-0.3, -0.25) is 5.10 Å². The number of pyridine rings is 1. The van der Waals surface area contributed by atoms with E-state index in [1.807, 2.05) is 19.1 Å². The summed E-state index contributed by atoms with van der Waals surface area (Å²) in [5.74, 6) is 0.762. The Morgan fingerprint density at radius 3 is 3.14 bits per heavy atom. The van der Waals surface area contributed by atoms with E-state index in [0.717, 1.165) is 41.1 Å². The van der Waals surface area contributed by atoms with Gasteiger partial charge in [-0.25, -0.2) is 15.0 Å². The van der Waals surface area contributed by atoms with E-state index in [1.165, 1.54) is 17.7 Å². The van der Waals surface area contributed by atoms with Gasteiger partial charge in [0.05, 0.1) is 17.8 Å². The molecule has 0 radical (unpaired) electrons. The number of hydrogen-bond acceptors (Lipinski definition) is 5. The molecule has 0 amide bonds. The van der Waals surface area contributed by atoms with Gasteiger partial charge in [-0.15, -0.1) is 0 Å². The predicted octanol–water partition coefficient (Wildman–Crippen LogP) is 2.16. The second kappa shape index (κ2) is 4.80. The third-order valence-corrected chi connectivity index (χ3v) is 3.94. The standard InChI is InChI=1S/C15H16N6/c1-9-5-6-12-14(19-9)15(18-8-17-12)16-7-13-10-3-2-4-11(10)20-21-13/h5-6,8H,2-4,7H2,1H3,(H,20,21)(H,16,17,18). The van der Waals surface area contributed by atoms with Gasteiger partial charge in [-0.1, -0.05) is 0 Å². The molecule has 0 atom stereocenters. The van der Waals surface area contributed by atoms with Crippen molar-refractivity contribution in [3.05, 3.63) is 41.1 Å². The third kappa shape index (κ3) is 2.12. The molecule has 0 fully saturated rings. The van der Waals surface area contributed by atoms with Crippen LogP contribution in [0.1, 0.15) is 29.1 Å². The van der Waals surface area contributed by atoms with Crippen LogP contribution in [0.4, 0.5) is 5.82 Å². The van der Waals surface area contributed by atoms with Crippen LogP contribution >= 0.6 is 0 Å². The van der Waals surface area contributed by atoms with Crippen LogP contribution in [0.5, 0.6) is 0 Å². The summed E-state index contributed by atoms with van der Waals surface area (Å²) >= 11 is 0. The SMILES string of the molecule is Cc1ccc2ncnc(NCc3n[nH]c4c3CCC4)c2n1. The monoisotopic (exact) mass is 280 g/mol. The second-order valence-corrected chi connectivity index (χ2v) is 5.38. The Morgan fingerprint density at radius 1 is 1.24 bits per heavy atom. The number of fused-ring (bicyclic) bond motifs is 2. The fourth-order valence-corrected chi connectivity index (χ4v) is 2.87. The summed E-state index contributed by atoms with van der Waals surface area (Å²) in [4.78, 5) is 13.1. The quantitative estimate of drug-likeness (QED) is 0.768. The zero-order chi connectivity index (χ0) is 14.2. The van der Waals surface area contributed by atoms with E-state index in [1.54, 1.807) is 6.33 Å². The van der Waals surface area contributed by atoms with Crippen LogP contribution in [0.2, 0.25) is 0 Å². The molecule has 0 bridgehead atoms. The van der Waals surface area contributed by atoms with Crippen molar-refractivity contribution < 1.29 is 0 Å². The minimum atomic E-state index is 0.660. The maximum atomic E-state index is 4.53. The number of aromatic nitrogens is 5. The molecule has 0 aliphatic heterocycles. The van der Waals surface area contributed by atoms with Gasteiger partial charge in [-0.05, 0) is 43.9 Å². The van der Waals surface area contributed by atoms with Crippen molar-refractivity contribution in [2.45, 2.75) is 32.7 Å². The minimum Gasteiger partial charge on any atom is -0.362 e. The second-order valence-electron chi connectivity index (χ2n) is 5.38. The van der Waals surface area contributed by atoms with E-state index in [4.69, 9.17) is 0 Å². The van der Waals surface area contributed by atoms with Crippen molar-refractivity contribution in [3.63, 3.8) is 0 Å². The molecule has 3 aromatic rings. The van der Waals surface area contributed by atoms with E-state index in [-0.39, 0.29) is 0 Å². The number of rotatable bonds is 3. The summed E-state index contributed by atoms with van der Waals surface area (Å²) in [7, 11) is 0. The average Bonchev–Trinajstić information content (AvgIpc) is 3.09. The smallest absolute Gasteiger partial charge is 0.156 e. The van der Waals surface area contributed by atoms with Crippen LogP contribution in [-0.4, -0.2) is 25.1 Å². The normalized spacial score (nSPS) is 13.6. The number of H-pyrrole nitrogens is 1. The predicted molar refractivity (Wildman–Crippen MR) is 80.0 cm³/mol. The average molecular weight is 280 g/mol. The minimum absolute atomic E-state index is 0.660. The lowest BCUT2D eigenvalue weighted by molar-refractivity contribution is 0.840. The van der Waals surface area contributed by atoms with Crippen LogP contribution < -0.4 is 5.32 Å². The summed E-state index contributed by atoms with van der Waals surface area (Å²) in [6.45, 7) is 2.63. The Kier molecular flexibility index (Phi) is 2.80. The Balaban J connectivity index is 1.64. The van der Waals surface area contributed by atoms with Crippen molar-refractivity contribution in [2.75, 3.05) is 5.32 Å². The number of nitrogens with one attached hydrogen (secondary N) is 2. The molecule has 0 saturated heterocycles. The van der Waals surface area contributed by atoms with Crippen LogP contribution in [0, 0.1) is 6.92 Å². The van der Waals surface area contributed by atoms with Crippen molar-refractivity contribution in [2.24, 2.45) is 0 Å². The van der Waals surface area contributed by atoms with Crippen molar-refractivity contribution in [1.82, 2.24) is 25.1 Å². The van der Waals surface area contributed by atoms with Crippen LogP contribution in [0.15, 0.2) is 18.5 Å². The van der Waals surface area contributed by atoms with Crippen LogP contribution in [0.25, 0.3) is 11.0 Å². The molecule has 4 rings (SSSR count). The Hall–Kier alpha value is -2.50. The molecule has 0 saturated carbocycles. The van der Waals surface area contributed by atoms with Gasteiger partial charge in [0.2, 0.25) is 0 Å². The lowest BCUT2D eigenvalue weighted by atomic mass is 10.2. The van der Waals surface area contributed by atoms with Gasteiger partial charge in [-0.2, -0.15) is 5.10 Å². The molecule has 0 aromatic carbocycles. The number of aromatic amines is 1. The van der Waals surface area contributed by atoms with Gasteiger partial charge >= 0.3 is 0 Å². The topological polar surface area (TPSA) is 79.4 Å². The molecular formula is C15H16N6. The zero-order valence-corrected chi connectivity index (χ0v) is 11.8. The summed E-state index contributed by atoms with van der Waals surface area (Å²) in [5.41, 5.74) is 6.36. The molecule has 6 nitrogen and oxygen atoms in total. The third-order valence-electron chi connectivity index (χ3n) is 3.94. The van der Waals surface area contributed by atoms with Crippen LogP contribution in [-0.2, 0) is 19.4 Å². The van der Waals surface area contributed by atoms with Crippen molar-refractivity contribution in [3.8, 4) is 0 Å². The number of nitrogens with zero attached hydrogens (tertiary/aromatic N) is 4. The molecule has 1 aliphatic carbocycles. The molecule has 106 valence electrons. The van der Waals surface area contributed by atoms with Crippen molar-refractivity contribution in [1.29, 1.82) is 0 Å². The number of aryl methyl sites for hydroxylation is 2. The van der Waals surface area contributed by atoms with E-state index < -0.39 is 0 Å². The first-order chi connectivity index (χ1) is 10.3. The van der Waals surface area contributed by atoms with E-state index >= 15 is 0 Å². The summed E-state index contributed by atoms with van der Waals surface area (Å²) in [5, 5.41) is 10.9.